The Bertz CT molecular complexity index is 695. The van der Waals surface area contributed by atoms with Crippen molar-refractivity contribution in [1.29, 1.82) is 0 Å². The molecular weight excluding hydrogens is 353 g/mol. The van der Waals surface area contributed by atoms with Gasteiger partial charge in [-0.1, -0.05) is 5.16 Å². The van der Waals surface area contributed by atoms with Gasteiger partial charge in [-0.05, 0) is 43.7 Å². The van der Waals surface area contributed by atoms with Gasteiger partial charge in [-0.15, -0.1) is 12.4 Å². The predicted octanol–water partition coefficient (Wildman–Crippen LogP) is 2.51. The number of halogens is 2. The molecule has 0 radical (unpaired) electrons. The van der Waals surface area contributed by atoms with E-state index in [0.717, 1.165) is 13.0 Å². The molecule has 9 heteroatoms. The molecule has 7 nitrogen and oxygen atoms in total. The Morgan fingerprint density at radius 1 is 1.40 bits per heavy atom. The van der Waals surface area contributed by atoms with Crippen molar-refractivity contribution in [3.63, 3.8) is 0 Å². The molecule has 25 heavy (non-hydrogen) atoms. The van der Waals surface area contributed by atoms with Crippen LogP contribution < -0.4 is 4.74 Å². The van der Waals surface area contributed by atoms with Gasteiger partial charge in [-0.25, -0.2) is 4.39 Å². The molecule has 0 aliphatic carbocycles. The van der Waals surface area contributed by atoms with Crippen molar-refractivity contribution < 1.29 is 23.6 Å². The van der Waals surface area contributed by atoms with Crippen molar-refractivity contribution in [3.05, 3.63) is 41.8 Å². The number of rotatable bonds is 6. The number of carboxylic acid groups (broad SMARTS) is 1. The Labute approximate surface area is 150 Å². The maximum absolute atomic E-state index is 12.8. The minimum absolute atomic E-state index is 0. The summed E-state index contributed by atoms with van der Waals surface area (Å²) < 4.78 is 23.5. The molecule has 1 aliphatic heterocycles. The molecule has 1 atom stereocenters. The molecule has 1 saturated heterocycles. The van der Waals surface area contributed by atoms with Crippen LogP contribution in [0.25, 0.3) is 0 Å². The van der Waals surface area contributed by atoms with Crippen LogP contribution >= 0.6 is 12.4 Å². The first-order valence-corrected chi connectivity index (χ1v) is 7.75. The second kappa shape index (κ2) is 8.77. The number of carboxylic acids is 1. The Hall–Kier alpha value is -2.19. The molecule has 0 amide bonds. The fraction of sp³-hybridized carbons (Fsp3) is 0.438. The third kappa shape index (κ3) is 5.40. The minimum atomic E-state index is -0.765. The van der Waals surface area contributed by atoms with E-state index in [1.807, 2.05) is 4.90 Å². The second-order valence-corrected chi connectivity index (χ2v) is 5.76. The minimum Gasteiger partial charge on any atom is -0.485 e. The van der Waals surface area contributed by atoms with Gasteiger partial charge >= 0.3 is 5.97 Å². The first kappa shape index (κ1) is 19.1. The highest BCUT2D eigenvalue weighted by molar-refractivity contribution is 5.85. The SMILES string of the molecule is Cl.O=C(O)C1CCCN(Cc2nc(COc3ccc(F)cc3)no2)C1. The van der Waals surface area contributed by atoms with Crippen molar-refractivity contribution in [3.8, 4) is 5.75 Å². The van der Waals surface area contributed by atoms with Crippen LogP contribution in [0.15, 0.2) is 28.8 Å². The van der Waals surface area contributed by atoms with Gasteiger partial charge in [0.1, 0.15) is 11.6 Å². The Kier molecular flexibility index (Phi) is 6.72. The van der Waals surface area contributed by atoms with Crippen molar-refractivity contribution in [2.75, 3.05) is 13.1 Å². The highest BCUT2D eigenvalue weighted by Gasteiger charge is 2.26. The highest BCUT2D eigenvalue weighted by Crippen LogP contribution is 2.18. The zero-order valence-electron chi connectivity index (χ0n) is 13.4. The number of likely N-dealkylation sites (tertiary alicyclic amines) is 1. The number of aliphatic carboxylic acids is 1. The van der Waals surface area contributed by atoms with E-state index in [1.54, 1.807) is 0 Å². The molecule has 1 unspecified atom stereocenters. The van der Waals surface area contributed by atoms with Crippen molar-refractivity contribution in [1.82, 2.24) is 15.0 Å². The first-order valence-electron chi connectivity index (χ1n) is 7.75. The van der Waals surface area contributed by atoms with Crippen molar-refractivity contribution >= 4 is 18.4 Å². The van der Waals surface area contributed by atoms with Crippen molar-refractivity contribution in [2.24, 2.45) is 5.92 Å². The highest BCUT2D eigenvalue weighted by atomic mass is 35.5. The lowest BCUT2D eigenvalue weighted by molar-refractivity contribution is -0.143. The number of nitrogens with zero attached hydrogens (tertiary/aromatic N) is 3. The van der Waals surface area contributed by atoms with E-state index in [1.165, 1.54) is 24.3 Å². The van der Waals surface area contributed by atoms with Crippen LogP contribution in [0.3, 0.4) is 0 Å². The molecule has 0 spiro atoms. The van der Waals surface area contributed by atoms with E-state index in [-0.39, 0.29) is 30.7 Å². The fourth-order valence-corrected chi connectivity index (χ4v) is 2.68. The van der Waals surface area contributed by atoms with E-state index in [9.17, 15) is 9.18 Å². The van der Waals surface area contributed by atoms with E-state index in [4.69, 9.17) is 14.4 Å². The fourth-order valence-electron chi connectivity index (χ4n) is 2.68. The number of hydrogen-bond donors (Lipinski definition) is 1. The smallest absolute Gasteiger partial charge is 0.307 e. The third-order valence-corrected chi connectivity index (χ3v) is 3.91. The molecule has 2 heterocycles. The van der Waals surface area contributed by atoms with Gasteiger partial charge in [0.15, 0.2) is 6.61 Å². The van der Waals surface area contributed by atoms with Gasteiger partial charge in [0, 0.05) is 6.54 Å². The summed E-state index contributed by atoms with van der Waals surface area (Å²) >= 11 is 0. The standard InChI is InChI=1S/C16H18FN3O4.ClH/c17-12-3-5-13(6-4-12)23-10-14-18-15(24-19-14)9-20-7-1-2-11(8-20)16(21)22;/h3-6,11H,1-2,7-10H2,(H,21,22);1H. The summed E-state index contributed by atoms with van der Waals surface area (Å²) in [5.74, 6) is -0.102. The van der Waals surface area contributed by atoms with Gasteiger partial charge in [0.2, 0.25) is 11.7 Å². The summed E-state index contributed by atoms with van der Waals surface area (Å²) in [7, 11) is 0. The Morgan fingerprint density at radius 3 is 2.88 bits per heavy atom. The molecular formula is C16H19ClFN3O4. The Balaban J connectivity index is 0.00000225. The number of hydrogen-bond acceptors (Lipinski definition) is 6. The number of aromatic nitrogens is 2. The average Bonchev–Trinajstić information content (AvgIpc) is 3.02. The maximum Gasteiger partial charge on any atom is 0.307 e. The first-order chi connectivity index (χ1) is 11.6. The van der Waals surface area contributed by atoms with Gasteiger partial charge in [0.05, 0.1) is 12.5 Å². The van der Waals surface area contributed by atoms with Gasteiger partial charge in [0.25, 0.3) is 0 Å². The van der Waals surface area contributed by atoms with E-state index >= 15 is 0 Å². The third-order valence-electron chi connectivity index (χ3n) is 3.91. The van der Waals surface area contributed by atoms with Crippen LogP contribution in [0.1, 0.15) is 24.6 Å². The maximum atomic E-state index is 12.8. The molecule has 1 aromatic heterocycles. The van der Waals surface area contributed by atoms with Crippen LogP contribution in [0.4, 0.5) is 4.39 Å². The van der Waals surface area contributed by atoms with Gasteiger partial charge in [-0.3, -0.25) is 9.69 Å². The van der Waals surface area contributed by atoms with Crippen LogP contribution in [-0.4, -0.2) is 39.2 Å². The van der Waals surface area contributed by atoms with Crippen LogP contribution in [0, 0.1) is 11.7 Å². The number of benzene rings is 1. The summed E-state index contributed by atoms with van der Waals surface area (Å²) in [4.78, 5) is 17.3. The van der Waals surface area contributed by atoms with Crippen LogP contribution in [0.2, 0.25) is 0 Å². The Morgan fingerprint density at radius 2 is 2.16 bits per heavy atom. The molecule has 0 saturated carbocycles. The molecule has 1 aliphatic rings. The molecule has 1 aromatic carbocycles. The van der Waals surface area contributed by atoms with E-state index in [0.29, 0.717) is 37.0 Å². The monoisotopic (exact) mass is 371 g/mol. The van der Waals surface area contributed by atoms with Gasteiger partial charge < -0.3 is 14.4 Å². The molecule has 1 fully saturated rings. The summed E-state index contributed by atoms with van der Waals surface area (Å²) in [6, 6.07) is 5.67. The summed E-state index contributed by atoms with van der Waals surface area (Å²) in [5, 5.41) is 12.9. The van der Waals surface area contributed by atoms with Gasteiger partial charge in [-0.2, -0.15) is 4.98 Å². The largest absolute Gasteiger partial charge is 0.485 e. The van der Waals surface area contributed by atoms with E-state index in [2.05, 4.69) is 10.1 Å². The van der Waals surface area contributed by atoms with Crippen LogP contribution in [0.5, 0.6) is 5.75 Å². The number of piperidine rings is 1. The number of ether oxygens (including phenoxy) is 1. The average molecular weight is 372 g/mol. The normalized spacial score (nSPS) is 17.7. The van der Waals surface area contributed by atoms with E-state index < -0.39 is 5.97 Å². The predicted molar refractivity (Wildman–Crippen MR) is 87.9 cm³/mol. The number of carbonyl (C=O) groups is 1. The molecule has 3 rings (SSSR count). The summed E-state index contributed by atoms with van der Waals surface area (Å²) in [6.45, 7) is 1.84. The topological polar surface area (TPSA) is 88.7 Å². The second-order valence-electron chi connectivity index (χ2n) is 5.76. The lowest BCUT2D eigenvalue weighted by Gasteiger charge is -2.29. The zero-order chi connectivity index (χ0) is 16.9. The molecule has 2 aromatic rings. The zero-order valence-corrected chi connectivity index (χ0v) is 14.2. The summed E-state index contributed by atoms with van der Waals surface area (Å²) in [5.41, 5.74) is 0. The molecule has 136 valence electrons. The quantitative estimate of drug-likeness (QED) is 0.834. The summed E-state index contributed by atoms with van der Waals surface area (Å²) in [6.07, 6.45) is 1.54. The lowest BCUT2D eigenvalue weighted by Crippen LogP contribution is -2.38. The van der Waals surface area contributed by atoms with Crippen molar-refractivity contribution in [2.45, 2.75) is 26.0 Å². The lowest BCUT2D eigenvalue weighted by atomic mass is 9.98. The van der Waals surface area contributed by atoms with Crippen LogP contribution in [-0.2, 0) is 17.9 Å². The molecule has 1 N–H and O–H groups in total. The molecule has 0 bridgehead atoms.